The highest BCUT2D eigenvalue weighted by molar-refractivity contribution is 9.10. The van der Waals surface area contributed by atoms with E-state index in [1.807, 2.05) is 0 Å². The number of anilines is 1. The van der Waals surface area contributed by atoms with E-state index in [0.29, 0.717) is 12.1 Å². The Labute approximate surface area is 167 Å². The molecule has 6 nitrogen and oxygen atoms in total. The van der Waals surface area contributed by atoms with Crippen molar-refractivity contribution >= 4 is 37.5 Å². The van der Waals surface area contributed by atoms with E-state index in [1.54, 1.807) is 0 Å². The first-order chi connectivity index (χ1) is 13.2. The van der Waals surface area contributed by atoms with E-state index in [1.165, 1.54) is 16.4 Å². The molecular formula is C17H14BrF3N2O4S. The Hall–Kier alpha value is -1.95. The van der Waals surface area contributed by atoms with Crippen molar-refractivity contribution in [2.75, 3.05) is 31.6 Å². The Morgan fingerprint density at radius 1 is 1.04 bits per heavy atom. The minimum Gasteiger partial charge on any atom is -0.379 e. The molecular weight excluding hydrogens is 465 g/mol. The van der Waals surface area contributed by atoms with Gasteiger partial charge >= 0.3 is 0 Å². The van der Waals surface area contributed by atoms with Crippen molar-refractivity contribution in [2.45, 2.75) is 4.90 Å². The number of hydrogen-bond acceptors (Lipinski definition) is 4. The Morgan fingerprint density at radius 3 is 2.36 bits per heavy atom. The van der Waals surface area contributed by atoms with Gasteiger partial charge in [-0.1, -0.05) is 0 Å². The maximum absolute atomic E-state index is 13.7. The molecule has 0 bridgehead atoms. The van der Waals surface area contributed by atoms with Gasteiger partial charge < -0.3 is 10.1 Å². The van der Waals surface area contributed by atoms with Crippen LogP contribution < -0.4 is 5.32 Å². The summed E-state index contributed by atoms with van der Waals surface area (Å²) in [5, 5.41) is 2.11. The van der Waals surface area contributed by atoms with Crippen molar-refractivity contribution in [3.8, 4) is 0 Å². The third-order valence-electron chi connectivity index (χ3n) is 4.04. The number of hydrogen-bond donors (Lipinski definition) is 1. The van der Waals surface area contributed by atoms with Crippen LogP contribution in [0.3, 0.4) is 0 Å². The van der Waals surface area contributed by atoms with Crippen molar-refractivity contribution in [3.05, 3.63) is 57.8 Å². The van der Waals surface area contributed by atoms with Crippen LogP contribution >= 0.6 is 15.9 Å². The van der Waals surface area contributed by atoms with Gasteiger partial charge in [-0.15, -0.1) is 0 Å². The molecule has 0 unspecified atom stereocenters. The van der Waals surface area contributed by atoms with E-state index >= 15 is 0 Å². The number of ether oxygens (including phenoxy) is 1. The Bertz CT molecular complexity index is 1030. The Balaban J connectivity index is 1.90. The number of sulfonamides is 1. The molecule has 0 aliphatic carbocycles. The number of amides is 1. The minimum absolute atomic E-state index is 0.0980. The zero-order valence-electron chi connectivity index (χ0n) is 14.2. The summed E-state index contributed by atoms with van der Waals surface area (Å²) >= 11 is 3.16. The average Bonchev–Trinajstić information content (AvgIpc) is 2.67. The van der Waals surface area contributed by atoms with Gasteiger partial charge in [0.25, 0.3) is 5.91 Å². The average molecular weight is 479 g/mol. The molecule has 150 valence electrons. The molecule has 2 aromatic rings. The Morgan fingerprint density at radius 2 is 1.68 bits per heavy atom. The topological polar surface area (TPSA) is 75.7 Å². The lowest BCUT2D eigenvalue weighted by Gasteiger charge is -2.26. The van der Waals surface area contributed by atoms with E-state index < -0.39 is 39.1 Å². The number of nitrogens with one attached hydrogen (secondary N) is 1. The maximum Gasteiger partial charge on any atom is 0.255 e. The van der Waals surface area contributed by atoms with E-state index in [2.05, 4.69) is 21.2 Å². The van der Waals surface area contributed by atoms with Crippen LogP contribution in [0.5, 0.6) is 0 Å². The quantitative estimate of drug-likeness (QED) is 0.684. The highest BCUT2D eigenvalue weighted by Gasteiger charge is 2.29. The van der Waals surface area contributed by atoms with Crippen LogP contribution in [0.1, 0.15) is 10.4 Å². The molecule has 28 heavy (non-hydrogen) atoms. The first-order valence-electron chi connectivity index (χ1n) is 8.03. The number of carbonyl (C=O) groups excluding carboxylic acids is 1. The summed E-state index contributed by atoms with van der Waals surface area (Å²) in [4.78, 5) is 12.2. The first kappa shape index (κ1) is 20.8. The van der Waals surface area contributed by atoms with Crippen molar-refractivity contribution in [3.63, 3.8) is 0 Å². The minimum atomic E-state index is -3.90. The van der Waals surface area contributed by atoms with Gasteiger partial charge in [-0.3, -0.25) is 4.79 Å². The van der Waals surface area contributed by atoms with Crippen molar-refractivity contribution in [1.82, 2.24) is 4.31 Å². The van der Waals surface area contributed by atoms with Gasteiger partial charge in [0.1, 0.15) is 5.82 Å². The second-order valence-electron chi connectivity index (χ2n) is 5.86. The molecule has 0 spiro atoms. The maximum atomic E-state index is 13.7. The normalized spacial score (nSPS) is 15.4. The first-order valence-corrected chi connectivity index (χ1v) is 10.3. The molecule has 0 atom stereocenters. The van der Waals surface area contributed by atoms with Crippen LogP contribution in [-0.2, 0) is 14.8 Å². The number of halogens is 4. The number of morpholine rings is 1. The van der Waals surface area contributed by atoms with Gasteiger partial charge in [0.05, 0.1) is 23.8 Å². The van der Waals surface area contributed by atoms with Gasteiger partial charge in [-0.05, 0) is 34.1 Å². The fourth-order valence-corrected chi connectivity index (χ4v) is 4.94. The third kappa shape index (κ3) is 4.22. The molecule has 1 N–H and O–H groups in total. The van der Waals surface area contributed by atoms with Crippen LogP contribution in [0.2, 0.25) is 0 Å². The van der Waals surface area contributed by atoms with E-state index in [-0.39, 0.29) is 41.2 Å². The van der Waals surface area contributed by atoms with Gasteiger partial charge in [-0.2, -0.15) is 4.31 Å². The third-order valence-corrected chi connectivity index (χ3v) is 6.93. The van der Waals surface area contributed by atoms with Crippen LogP contribution in [-0.4, -0.2) is 44.9 Å². The number of nitrogens with zero attached hydrogens (tertiary/aromatic N) is 1. The molecule has 3 rings (SSSR count). The van der Waals surface area contributed by atoms with Gasteiger partial charge in [0.2, 0.25) is 10.0 Å². The second-order valence-corrected chi connectivity index (χ2v) is 8.62. The largest absolute Gasteiger partial charge is 0.379 e. The zero-order valence-corrected chi connectivity index (χ0v) is 16.6. The summed E-state index contributed by atoms with van der Waals surface area (Å²) in [6.45, 7) is 0.857. The number of benzene rings is 2. The predicted octanol–water partition coefficient (Wildman–Crippen LogP) is 3.14. The van der Waals surface area contributed by atoms with E-state index in [9.17, 15) is 26.4 Å². The summed E-state index contributed by atoms with van der Waals surface area (Å²) in [7, 11) is -3.90. The molecule has 1 fully saturated rings. The van der Waals surface area contributed by atoms with Gasteiger partial charge in [0, 0.05) is 35.3 Å². The molecule has 0 radical (unpaired) electrons. The Kier molecular flexibility index (Phi) is 6.08. The molecule has 1 aliphatic heterocycles. The molecule has 11 heteroatoms. The van der Waals surface area contributed by atoms with E-state index in [0.717, 1.165) is 6.07 Å². The summed E-state index contributed by atoms with van der Waals surface area (Å²) in [6, 6.07) is 4.62. The molecule has 0 aromatic heterocycles. The molecule has 1 heterocycles. The van der Waals surface area contributed by atoms with Crippen LogP contribution in [0.4, 0.5) is 18.9 Å². The fourth-order valence-electron chi connectivity index (χ4n) is 2.58. The van der Waals surface area contributed by atoms with Gasteiger partial charge in [0.15, 0.2) is 11.6 Å². The molecule has 2 aromatic carbocycles. The lowest BCUT2D eigenvalue weighted by atomic mass is 10.2. The second kappa shape index (κ2) is 8.19. The summed E-state index contributed by atoms with van der Waals surface area (Å²) < 4.78 is 72.3. The number of carbonyl (C=O) groups is 1. The predicted molar refractivity (Wildman–Crippen MR) is 98.0 cm³/mol. The van der Waals surface area contributed by atoms with Crippen LogP contribution in [0, 0.1) is 17.5 Å². The zero-order chi connectivity index (χ0) is 20.5. The monoisotopic (exact) mass is 478 g/mol. The van der Waals surface area contributed by atoms with Crippen molar-refractivity contribution in [2.24, 2.45) is 0 Å². The van der Waals surface area contributed by atoms with Crippen LogP contribution in [0.15, 0.2) is 39.7 Å². The highest BCUT2D eigenvalue weighted by atomic mass is 79.9. The molecule has 0 saturated carbocycles. The standard InChI is InChI=1S/C17H14BrF3N2O4S/c18-11-2-1-10(7-16(11)28(25,26)23-3-5-27-6-4-23)17(24)22-15-9-13(20)12(19)8-14(15)21/h1-2,7-9H,3-6H2,(H,22,24). The van der Waals surface area contributed by atoms with E-state index in [4.69, 9.17) is 4.74 Å². The molecule has 1 amide bonds. The molecule has 1 saturated heterocycles. The summed E-state index contributed by atoms with van der Waals surface area (Å²) in [5.41, 5.74) is -0.663. The van der Waals surface area contributed by atoms with Gasteiger partial charge in [-0.25, -0.2) is 21.6 Å². The van der Waals surface area contributed by atoms with Crippen LogP contribution in [0.25, 0.3) is 0 Å². The highest BCUT2D eigenvalue weighted by Crippen LogP contribution is 2.27. The number of rotatable bonds is 4. The van der Waals surface area contributed by atoms with Crippen molar-refractivity contribution < 1.29 is 31.1 Å². The summed E-state index contributed by atoms with van der Waals surface area (Å²) in [5.74, 6) is -4.76. The summed E-state index contributed by atoms with van der Waals surface area (Å²) in [6.07, 6.45) is 0. The lowest BCUT2D eigenvalue weighted by molar-refractivity contribution is 0.0730. The van der Waals surface area contributed by atoms with Crippen molar-refractivity contribution in [1.29, 1.82) is 0 Å². The molecule has 1 aliphatic rings. The SMILES string of the molecule is O=C(Nc1cc(F)c(F)cc1F)c1ccc(Br)c(S(=O)(=O)N2CCOCC2)c1. The fraction of sp³-hybridized carbons (Fsp3) is 0.235. The smallest absolute Gasteiger partial charge is 0.255 e. The lowest BCUT2D eigenvalue weighted by Crippen LogP contribution is -2.40.